The van der Waals surface area contributed by atoms with E-state index >= 15 is 0 Å². The molecule has 172 valence electrons. The van der Waals surface area contributed by atoms with E-state index < -0.39 is 5.97 Å². The molecule has 4 rings (SSSR count). The molecule has 0 saturated heterocycles. The van der Waals surface area contributed by atoms with Gasteiger partial charge in [-0.15, -0.1) is 0 Å². The second kappa shape index (κ2) is 10.4. The minimum absolute atomic E-state index is 0.0941. The standard InChI is InChI=1S/C26H23N3O4S/c1-17-7-13-20(14-8-17)29-24(31)21-5-3-4-6-22(21)28-26(29)34-16-23(30)27-15-18-9-11-19(12-10-18)25(32)33-2/h3-14H,15-16H2,1-2H3,(H,27,30). The van der Waals surface area contributed by atoms with E-state index in [2.05, 4.69) is 15.0 Å². The number of esters is 1. The van der Waals surface area contributed by atoms with E-state index in [1.165, 1.54) is 18.9 Å². The van der Waals surface area contributed by atoms with Gasteiger partial charge in [-0.3, -0.25) is 14.2 Å². The molecule has 3 aromatic carbocycles. The normalized spacial score (nSPS) is 10.8. The number of hydrogen-bond donors (Lipinski definition) is 1. The molecule has 34 heavy (non-hydrogen) atoms. The number of aryl methyl sites for hydroxylation is 1. The number of carbonyl (C=O) groups is 2. The lowest BCUT2D eigenvalue weighted by Gasteiger charge is -2.13. The highest BCUT2D eigenvalue weighted by molar-refractivity contribution is 7.99. The zero-order valence-corrected chi connectivity index (χ0v) is 19.6. The maximum Gasteiger partial charge on any atom is 0.337 e. The van der Waals surface area contributed by atoms with Gasteiger partial charge in [-0.05, 0) is 48.9 Å². The second-order valence-electron chi connectivity index (χ2n) is 7.64. The van der Waals surface area contributed by atoms with Crippen molar-refractivity contribution in [2.24, 2.45) is 0 Å². The Balaban J connectivity index is 1.50. The quantitative estimate of drug-likeness (QED) is 0.249. The van der Waals surface area contributed by atoms with Gasteiger partial charge in [-0.1, -0.05) is 53.7 Å². The Morgan fingerprint density at radius 1 is 1.00 bits per heavy atom. The van der Waals surface area contributed by atoms with Crippen molar-refractivity contribution in [3.8, 4) is 5.69 Å². The highest BCUT2D eigenvalue weighted by Gasteiger charge is 2.15. The van der Waals surface area contributed by atoms with E-state index in [1.54, 1.807) is 41.0 Å². The summed E-state index contributed by atoms with van der Waals surface area (Å²) in [6.45, 7) is 2.30. The summed E-state index contributed by atoms with van der Waals surface area (Å²) in [7, 11) is 1.33. The van der Waals surface area contributed by atoms with Gasteiger partial charge in [0.2, 0.25) is 5.91 Å². The summed E-state index contributed by atoms with van der Waals surface area (Å²) >= 11 is 1.21. The smallest absolute Gasteiger partial charge is 0.337 e. The van der Waals surface area contributed by atoms with Crippen molar-refractivity contribution in [2.45, 2.75) is 18.6 Å². The van der Waals surface area contributed by atoms with Gasteiger partial charge in [0.05, 0.1) is 35.0 Å². The fraction of sp³-hybridized carbons (Fsp3) is 0.154. The minimum atomic E-state index is -0.408. The number of ether oxygens (including phenoxy) is 1. The SMILES string of the molecule is COC(=O)c1ccc(CNC(=O)CSc2nc3ccccc3c(=O)n2-c2ccc(C)cc2)cc1. The Hall–Kier alpha value is -3.91. The van der Waals surface area contributed by atoms with Gasteiger partial charge >= 0.3 is 5.97 Å². The van der Waals surface area contributed by atoms with Crippen LogP contribution in [0.4, 0.5) is 0 Å². The monoisotopic (exact) mass is 473 g/mol. The number of aromatic nitrogens is 2. The van der Waals surface area contributed by atoms with Crippen LogP contribution in [-0.4, -0.2) is 34.3 Å². The summed E-state index contributed by atoms with van der Waals surface area (Å²) in [6, 6.07) is 21.6. The zero-order chi connectivity index (χ0) is 24.1. The summed E-state index contributed by atoms with van der Waals surface area (Å²) in [5.74, 6) is -0.508. The van der Waals surface area contributed by atoms with Crippen LogP contribution in [0.25, 0.3) is 16.6 Å². The summed E-state index contributed by atoms with van der Waals surface area (Å²) in [5, 5.41) is 3.83. The number of methoxy groups -OCH3 is 1. The number of nitrogens with one attached hydrogen (secondary N) is 1. The molecule has 4 aromatic rings. The number of hydrogen-bond acceptors (Lipinski definition) is 6. The van der Waals surface area contributed by atoms with E-state index in [0.717, 1.165) is 11.1 Å². The molecular formula is C26H23N3O4S. The first kappa shape index (κ1) is 23.3. The lowest BCUT2D eigenvalue weighted by atomic mass is 10.1. The Bertz CT molecular complexity index is 1400. The molecule has 0 radical (unpaired) electrons. The number of fused-ring (bicyclic) bond motifs is 1. The summed E-state index contributed by atoms with van der Waals surface area (Å²) in [4.78, 5) is 42.0. The molecule has 1 heterocycles. The van der Waals surface area contributed by atoms with Crippen molar-refractivity contribution >= 4 is 34.5 Å². The molecule has 0 atom stereocenters. The fourth-order valence-corrected chi connectivity index (χ4v) is 4.23. The van der Waals surface area contributed by atoms with Crippen LogP contribution < -0.4 is 10.9 Å². The fourth-order valence-electron chi connectivity index (χ4n) is 3.39. The molecular weight excluding hydrogens is 450 g/mol. The van der Waals surface area contributed by atoms with Crippen LogP contribution in [0.2, 0.25) is 0 Å². The van der Waals surface area contributed by atoms with Gasteiger partial charge in [-0.2, -0.15) is 0 Å². The second-order valence-corrected chi connectivity index (χ2v) is 8.58. The van der Waals surface area contributed by atoms with Crippen LogP contribution in [0.5, 0.6) is 0 Å². The van der Waals surface area contributed by atoms with Gasteiger partial charge < -0.3 is 10.1 Å². The Morgan fingerprint density at radius 3 is 2.41 bits per heavy atom. The zero-order valence-electron chi connectivity index (χ0n) is 18.8. The van der Waals surface area contributed by atoms with Gasteiger partial charge in [0.15, 0.2) is 5.16 Å². The topological polar surface area (TPSA) is 90.3 Å². The molecule has 0 aliphatic rings. The first-order chi connectivity index (χ1) is 16.5. The lowest BCUT2D eigenvalue weighted by molar-refractivity contribution is -0.118. The Morgan fingerprint density at radius 2 is 1.71 bits per heavy atom. The maximum atomic E-state index is 13.3. The number of rotatable bonds is 7. The van der Waals surface area contributed by atoms with E-state index in [9.17, 15) is 14.4 Å². The van der Waals surface area contributed by atoms with Crippen molar-refractivity contribution in [1.82, 2.24) is 14.9 Å². The Kier molecular flexibility index (Phi) is 7.08. The summed E-state index contributed by atoms with van der Waals surface area (Å²) in [5.41, 5.74) is 3.49. The highest BCUT2D eigenvalue weighted by atomic mass is 32.2. The summed E-state index contributed by atoms with van der Waals surface area (Å²) in [6.07, 6.45) is 0. The number of benzene rings is 3. The molecule has 1 aromatic heterocycles. The maximum absolute atomic E-state index is 13.3. The average molecular weight is 474 g/mol. The molecule has 7 nitrogen and oxygen atoms in total. The largest absolute Gasteiger partial charge is 0.465 e. The third kappa shape index (κ3) is 5.18. The van der Waals surface area contributed by atoms with E-state index in [-0.39, 0.29) is 17.2 Å². The highest BCUT2D eigenvalue weighted by Crippen LogP contribution is 2.21. The van der Waals surface area contributed by atoms with Crippen LogP contribution in [0.3, 0.4) is 0 Å². The predicted molar refractivity (Wildman–Crippen MR) is 132 cm³/mol. The molecule has 1 amide bonds. The number of thioether (sulfide) groups is 1. The lowest BCUT2D eigenvalue weighted by Crippen LogP contribution is -2.26. The van der Waals surface area contributed by atoms with Crippen LogP contribution in [0.1, 0.15) is 21.5 Å². The van der Waals surface area contributed by atoms with Crippen LogP contribution >= 0.6 is 11.8 Å². The molecule has 0 fully saturated rings. The number of carbonyl (C=O) groups excluding carboxylic acids is 2. The van der Waals surface area contributed by atoms with Gasteiger partial charge in [0.1, 0.15) is 0 Å². The van der Waals surface area contributed by atoms with E-state index in [4.69, 9.17) is 0 Å². The van der Waals surface area contributed by atoms with Crippen molar-refractivity contribution in [2.75, 3.05) is 12.9 Å². The predicted octanol–water partition coefficient (Wildman–Crippen LogP) is 3.89. The molecule has 0 bridgehead atoms. The molecule has 1 N–H and O–H groups in total. The third-order valence-electron chi connectivity index (χ3n) is 5.23. The van der Waals surface area contributed by atoms with Crippen LogP contribution in [0, 0.1) is 6.92 Å². The van der Waals surface area contributed by atoms with Crippen molar-refractivity contribution in [1.29, 1.82) is 0 Å². The number of para-hydroxylation sites is 1. The molecule has 0 aliphatic carbocycles. The van der Waals surface area contributed by atoms with Gasteiger partial charge in [0.25, 0.3) is 5.56 Å². The van der Waals surface area contributed by atoms with Crippen LogP contribution in [0.15, 0.2) is 82.7 Å². The third-order valence-corrected chi connectivity index (χ3v) is 6.17. The van der Waals surface area contributed by atoms with E-state index in [1.807, 2.05) is 43.3 Å². The molecule has 0 spiro atoms. The van der Waals surface area contributed by atoms with E-state index in [0.29, 0.717) is 33.9 Å². The molecule has 0 aliphatic heterocycles. The summed E-state index contributed by atoms with van der Waals surface area (Å²) < 4.78 is 6.24. The Labute approximate surface area is 200 Å². The van der Waals surface area contributed by atoms with Crippen molar-refractivity contribution in [3.63, 3.8) is 0 Å². The van der Waals surface area contributed by atoms with Crippen molar-refractivity contribution < 1.29 is 14.3 Å². The first-order valence-corrected chi connectivity index (χ1v) is 11.6. The minimum Gasteiger partial charge on any atom is -0.465 e. The molecule has 0 unspecified atom stereocenters. The average Bonchev–Trinajstić information content (AvgIpc) is 2.87. The molecule has 0 saturated carbocycles. The number of nitrogens with zero attached hydrogens (tertiary/aromatic N) is 2. The van der Waals surface area contributed by atoms with Crippen molar-refractivity contribution in [3.05, 3.63) is 99.8 Å². The van der Waals surface area contributed by atoms with Gasteiger partial charge in [-0.25, -0.2) is 9.78 Å². The van der Waals surface area contributed by atoms with Gasteiger partial charge in [0, 0.05) is 6.54 Å². The first-order valence-electron chi connectivity index (χ1n) is 10.6. The molecule has 8 heteroatoms. The van der Waals surface area contributed by atoms with Crippen LogP contribution in [-0.2, 0) is 16.1 Å². The number of amides is 1.